The minimum absolute atomic E-state index is 0.229. The maximum Gasteiger partial charge on any atom is 0.167 e. The molecule has 0 amide bonds. The van der Waals surface area contributed by atoms with Gasteiger partial charge in [0.25, 0.3) is 0 Å². The van der Waals surface area contributed by atoms with E-state index in [0.717, 1.165) is 30.0 Å². The number of ether oxygens (including phenoxy) is 2. The van der Waals surface area contributed by atoms with Crippen molar-refractivity contribution >= 4 is 23.2 Å². The van der Waals surface area contributed by atoms with E-state index in [1.165, 1.54) is 11.1 Å². The van der Waals surface area contributed by atoms with Gasteiger partial charge in [-0.15, -0.1) is 0 Å². The Morgan fingerprint density at radius 3 is 2.87 bits per heavy atom. The fraction of sp³-hybridized carbons (Fsp3) is 0.333. The Morgan fingerprint density at radius 2 is 2.04 bits per heavy atom. The molecule has 3 nitrogen and oxygen atoms in total. The van der Waals surface area contributed by atoms with Crippen molar-refractivity contribution in [2.24, 2.45) is 0 Å². The van der Waals surface area contributed by atoms with Crippen LogP contribution >= 0.6 is 23.2 Å². The normalized spacial score (nSPS) is 22.6. The molecule has 2 aliphatic heterocycles. The molecular formula is C18H17Cl2NO2. The molecule has 0 saturated heterocycles. The van der Waals surface area contributed by atoms with E-state index in [0.29, 0.717) is 16.7 Å². The highest BCUT2D eigenvalue weighted by atomic mass is 35.5. The van der Waals surface area contributed by atoms with E-state index in [4.69, 9.17) is 32.7 Å². The molecule has 2 heterocycles. The smallest absolute Gasteiger partial charge is 0.167 e. The summed E-state index contributed by atoms with van der Waals surface area (Å²) in [6, 6.07) is 9.86. The molecule has 2 aromatic carbocycles. The zero-order chi connectivity index (χ0) is 16.0. The van der Waals surface area contributed by atoms with Crippen molar-refractivity contribution in [2.45, 2.75) is 25.5 Å². The highest BCUT2D eigenvalue weighted by Crippen LogP contribution is 2.45. The van der Waals surface area contributed by atoms with Crippen LogP contribution in [0.5, 0.6) is 11.5 Å². The van der Waals surface area contributed by atoms with Crippen LogP contribution in [0.1, 0.15) is 35.8 Å². The largest absolute Gasteiger partial charge is 0.485 e. The highest BCUT2D eigenvalue weighted by Gasteiger charge is 2.30. The lowest BCUT2D eigenvalue weighted by Gasteiger charge is -2.33. The van der Waals surface area contributed by atoms with Crippen LogP contribution in [0.25, 0.3) is 0 Å². The van der Waals surface area contributed by atoms with Crippen molar-refractivity contribution in [3.8, 4) is 11.5 Å². The van der Waals surface area contributed by atoms with Gasteiger partial charge in [-0.3, -0.25) is 0 Å². The van der Waals surface area contributed by atoms with E-state index in [-0.39, 0.29) is 12.1 Å². The third-order valence-corrected chi connectivity index (χ3v) is 5.05. The summed E-state index contributed by atoms with van der Waals surface area (Å²) < 4.78 is 12.3. The number of benzene rings is 2. The average molecular weight is 350 g/mol. The van der Waals surface area contributed by atoms with Crippen molar-refractivity contribution in [3.63, 3.8) is 0 Å². The van der Waals surface area contributed by atoms with Crippen molar-refractivity contribution in [3.05, 3.63) is 57.1 Å². The van der Waals surface area contributed by atoms with Gasteiger partial charge in [0.15, 0.2) is 17.6 Å². The van der Waals surface area contributed by atoms with E-state index in [9.17, 15) is 0 Å². The lowest BCUT2D eigenvalue weighted by atomic mass is 9.93. The topological polar surface area (TPSA) is 30.5 Å². The molecule has 5 heteroatoms. The number of halogens is 2. The van der Waals surface area contributed by atoms with E-state index in [2.05, 4.69) is 18.3 Å². The third kappa shape index (κ3) is 2.67. The van der Waals surface area contributed by atoms with Gasteiger partial charge >= 0.3 is 0 Å². The fourth-order valence-electron chi connectivity index (χ4n) is 3.33. The molecular weight excluding hydrogens is 333 g/mol. The van der Waals surface area contributed by atoms with Crippen molar-refractivity contribution < 1.29 is 9.47 Å². The zero-order valence-corrected chi connectivity index (χ0v) is 14.2. The Balaban J connectivity index is 1.74. The van der Waals surface area contributed by atoms with Gasteiger partial charge in [0.05, 0.1) is 0 Å². The van der Waals surface area contributed by atoms with Crippen LogP contribution in [0, 0.1) is 0 Å². The predicted octanol–water partition coefficient (Wildman–Crippen LogP) is 4.71. The van der Waals surface area contributed by atoms with Crippen molar-refractivity contribution in [1.29, 1.82) is 0 Å². The first-order valence-corrected chi connectivity index (χ1v) is 8.52. The number of hydrogen-bond donors (Lipinski definition) is 1. The summed E-state index contributed by atoms with van der Waals surface area (Å²) in [5.74, 6) is 1.64. The van der Waals surface area contributed by atoms with E-state index < -0.39 is 0 Å². The summed E-state index contributed by atoms with van der Waals surface area (Å²) in [5.41, 5.74) is 3.42. The van der Waals surface area contributed by atoms with Gasteiger partial charge in [0.1, 0.15) is 6.61 Å². The molecule has 0 spiro atoms. The second-order valence-corrected chi connectivity index (χ2v) is 6.82. The first-order chi connectivity index (χ1) is 11.1. The summed E-state index contributed by atoms with van der Waals surface area (Å²) in [6.07, 6.45) is 0.774. The second-order valence-electron chi connectivity index (χ2n) is 5.97. The highest BCUT2D eigenvalue weighted by molar-refractivity contribution is 6.35. The SMILES string of the molecule is CC1NCCc2ccc3c(c21)O[C@@H](c1ccc(Cl)cc1Cl)CO3. The van der Waals surface area contributed by atoms with Gasteiger partial charge in [-0.25, -0.2) is 0 Å². The predicted molar refractivity (Wildman–Crippen MR) is 91.9 cm³/mol. The van der Waals surface area contributed by atoms with Crippen molar-refractivity contribution in [2.75, 3.05) is 13.2 Å². The molecule has 120 valence electrons. The maximum atomic E-state index is 6.33. The summed E-state index contributed by atoms with van der Waals surface area (Å²) in [5, 5.41) is 4.70. The first-order valence-electron chi connectivity index (χ1n) is 7.77. The first kappa shape index (κ1) is 15.1. The van der Waals surface area contributed by atoms with Crippen LogP contribution in [-0.2, 0) is 6.42 Å². The van der Waals surface area contributed by atoms with E-state index >= 15 is 0 Å². The van der Waals surface area contributed by atoms with Crippen LogP contribution in [0.15, 0.2) is 30.3 Å². The Kier molecular flexibility index (Phi) is 3.88. The van der Waals surface area contributed by atoms with E-state index in [1.807, 2.05) is 18.2 Å². The summed E-state index contributed by atoms with van der Waals surface area (Å²) in [7, 11) is 0. The molecule has 0 fully saturated rings. The molecule has 0 saturated carbocycles. The Bertz CT molecular complexity index is 763. The minimum Gasteiger partial charge on any atom is -0.485 e. The Labute approximate surface area is 145 Å². The molecule has 23 heavy (non-hydrogen) atoms. The van der Waals surface area contributed by atoms with E-state index in [1.54, 1.807) is 6.07 Å². The van der Waals surface area contributed by atoms with Gasteiger partial charge < -0.3 is 14.8 Å². The standard InChI is InChI=1S/C18H17Cl2NO2/c1-10-17-11(6-7-21-10)2-5-15-18(17)23-16(9-22-15)13-4-3-12(19)8-14(13)20/h2-5,8,10,16,21H,6-7,9H2,1H3/t10?,16-/m1/s1. The molecule has 0 aliphatic carbocycles. The summed E-state index contributed by atoms with van der Waals surface area (Å²) in [6.45, 7) is 3.58. The molecule has 0 radical (unpaired) electrons. The van der Waals surface area contributed by atoms with Crippen LogP contribution < -0.4 is 14.8 Å². The Hall–Kier alpha value is -1.42. The second kappa shape index (κ2) is 5.90. The molecule has 2 aliphatic rings. The fourth-order valence-corrected chi connectivity index (χ4v) is 3.86. The quantitative estimate of drug-likeness (QED) is 0.808. The number of fused-ring (bicyclic) bond motifs is 3. The van der Waals surface area contributed by atoms with Gasteiger partial charge in [0.2, 0.25) is 0 Å². The summed E-state index contributed by atoms with van der Waals surface area (Å²) in [4.78, 5) is 0. The number of rotatable bonds is 1. The molecule has 0 bridgehead atoms. The minimum atomic E-state index is -0.229. The van der Waals surface area contributed by atoms with Gasteiger partial charge in [0, 0.05) is 27.2 Å². The lowest BCUT2D eigenvalue weighted by molar-refractivity contribution is 0.0888. The monoisotopic (exact) mass is 349 g/mol. The molecule has 1 N–H and O–H groups in total. The van der Waals surface area contributed by atoms with Crippen LogP contribution in [0.2, 0.25) is 10.0 Å². The van der Waals surface area contributed by atoms with Crippen LogP contribution in [0.4, 0.5) is 0 Å². The molecule has 2 atom stereocenters. The average Bonchev–Trinajstić information content (AvgIpc) is 2.54. The Morgan fingerprint density at radius 1 is 1.17 bits per heavy atom. The van der Waals surface area contributed by atoms with Crippen molar-refractivity contribution in [1.82, 2.24) is 5.32 Å². The molecule has 0 aromatic heterocycles. The van der Waals surface area contributed by atoms with Gasteiger partial charge in [-0.1, -0.05) is 35.3 Å². The molecule has 2 aromatic rings. The van der Waals surface area contributed by atoms with Crippen LogP contribution in [-0.4, -0.2) is 13.2 Å². The van der Waals surface area contributed by atoms with Gasteiger partial charge in [-0.05, 0) is 43.7 Å². The molecule has 4 rings (SSSR count). The zero-order valence-electron chi connectivity index (χ0n) is 12.7. The molecule has 1 unspecified atom stereocenters. The maximum absolute atomic E-state index is 6.33. The lowest BCUT2D eigenvalue weighted by Crippen LogP contribution is -2.30. The van der Waals surface area contributed by atoms with Crippen LogP contribution in [0.3, 0.4) is 0 Å². The number of nitrogens with one attached hydrogen (secondary N) is 1. The third-order valence-electron chi connectivity index (χ3n) is 4.49. The van der Waals surface area contributed by atoms with Gasteiger partial charge in [-0.2, -0.15) is 0 Å². The number of hydrogen-bond acceptors (Lipinski definition) is 3. The summed E-state index contributed by atoms with van der Waals surface area (Å²) >= 11 is 12.3.